The fourth-order valence-electron chi connectivity index (χ4n) is 3.34. The van der Waals surface area contributed by atoms with E-state index in [1.165, 1.54) is 0 Å². The fraction of sp³-hybridized carbons (Fsp3) is 0.412. The SMILES string of the molecule is Cc1ccc(=O)n(C2CCC(Nc3nncc4ccoc34)CC2)n1. The van der Waals surface area contributed by atoms with E-state index < -0.39 is 0 Å². The minimum absolute atomic E-state index is 0.0248. The van der Waals surface area contributed by atoms with Gasteiger partial charge in [-0.05, 0) is 44.7 Å². The highest BCUT2D eigenvalue weighted by molar-refractivity contribution is 5.85. The van der Waals surface area contributed by atoms with Crippen molar-refractivity contribution in [3.63, 3.8) is 0 Å². The fourth-order valence-corrected chi connectivity index (χ4v) is 3.34. The number of hydrogen-bond donors (Lipinski definition) is 1. The quantitative estimate of drug-likeness (QED) is 0.797. The number of nitrogens with zero attached hydrogens (tertiary/aromatic N) is 4. The number of rotatable bonds is 3. The molecule has 0 saturated heterocycles. The minimum atomic E-state index is -0.0248. The van der Waals surface area contributed by atoms with Gasteiger partial charge in [0.25, 0.3) is 5.56 Å². The monoisotopic (exact) mass is 325 g/mol. The minimum Gasteiger partial charge on any atom is -0.460 e. The van der Waals surface area contributed by atoms with Gasteiger partial charge >= 0.3 is 0 Å². The highest BCUT2D eigenvalue weighted by Gasteiger charge is 2.24. The van der Waals surface area contributed by atoms with Crippen LogP contribution in [-0.2, 0) is 0 Å². The van der Waals surface area contributed by atoms with Gasteiger partial charge in [-0.15, -0.1) is 5.10 Å². The van der Waals surface area contributed by atoms with E-state index in [4.69, 9.17) is 4.42 Å². The van der Waals surface area contributed by atoms with Gasteiger partial charge in [-0.2, -0.15) is 10.2 Å². The number of furan rings is 1. The molecule has 0 unspecified atom stereocenters. The summed E-state index contributed by atoms with van der Waals surface area (Å²) in [6.45, 7) is 1.91. The lowest BCUT2D eigenvalue weighted by Gasteiger charge is -2.29. The van der Waals surface area contributed by atoms with Crippen molar-refractivity contribution in [2.75, 3.05) is 5.32 Å². The van der Waals surface area contributed by atoms with E-state index in [1.54, 1.807) is 29.3 Å². The van der Waals surface area contributed by atoms with E-state index in [1.807, 2.05) is 13.0 Å². The maximum Gasteiger partial charge on any atom is 0.267 e. The Morgan fingerprint density at radius 3 is 2.88 bits per heavy atom. The van der Waals surface area contributed by atoms with Crippen LogP contribution in [-0.4, -0.2) is 26.0 Å². The van der Waals surface area contributed by atoms with Gasteiger partial charge in [0.05, 0.1) is 24.2 Å². The van der Waals surface area contributed by atoms with Crippen LogP contribution in [0.1, 0.15) is 37.4 Å². The normalized spacial score (nSPS) is 21.0. The number of nitrogens with one attached hydrogen (secondary N) is 1. The van der Waals surface area contributed by atoms with E-state index in [-0.39, 0.29) is 11.6 Å². The number of fused-ring (bicyclic) bond motifs is 1. The maximum absolute atomic E-state index is 12.0. The summed E-state index contributed by atoms with van der Waals surface area (Å²) in [6, 6.07) is 5.70. The second-order valence-electron chi connectivity index (χ2n) is 6.31. The molecule has 1 N–H and O–H groups in total. The smallest absolute Gasteiger partial charge is 0.267 e. The third kappa shape index (κ3) is 2.77. The largest absolute Gasteiger partial charge is 0.460 e. The van der Waals surface area contributed by atoms with E-state index in [0.717, 1.165) is 42.3 Å². The first-order chi connectivity index (χ1) is 11.7. The number of aryl methyl sites for hydroxylation is 1. The van der Waals surface area contributed by atoms with Crippen LogP contribution in [0.4, 0.5) is 5.82 Å². The van der Waals surface area contributed by atoms with Crippen molar-refractivity contribution in [2.45, 2.75) is 44.7 Å². The second-order valence-corrected chi connectivity index (χ2v) is 6.31. The van der Waals surface area contributed by atoms with Crippen LogP contribution in [0.5, 0.6) is 0 Å². The molecule has 124 valence electrons. The standard InChI is InChI=1S/C17H19N5O2/c1-11-2-7-15(23)22(21-11)14-5-3-13(4-6-14)19-17-16-12(8-9-24-16)10-18-20-17/h2,7-10,13-14H,3-6H2,1H3,(H,19,20). The highest BCUT2D eigenvalue weighted by atomic mass is 16.3. The lowest BCUT2D eigenvalue weighted by atomic mass is 9.91. The summed E-state index contributed by atoms with van der Waals surface area (Å²) in [6.07, 6.45) is 7.06. The summed E-state index contributed by atoms with van der Waals surface area (Å²) in [5.74, 6) is 0.687. The van der Waals surface area contributed by atoms with Crippen LogP contribution in [0.25, 0.3) is 11.0 Å². The highest BCUT2D eigenvalue weighted by Crippen LogP contribution is 2.30. The Hall–Kier alpha value is -2.70. The molecule has 7 nitrogen and oxygen atoms in total. The van der Waals surface area contributed by atoms with E-state index in [0.29, 0.717) is 11.9 Å². The molecule has 0 bridgehead atoms. The Kier molecular flexibility index (Phi) is 3.76. The van der Waals surface area contributed by atoms with Gasteiger partial charge in [0, 0.05) is 17.5 Å². The number of hydrogen-bond acceptors (Lipinski definition) is 6. The Labute approximate surface area is 138 Å². The Morgan fingerprint density at radius 1 is 1.21 bits per heavy atom. The van der Waals surface area contributed by atoms with Crippen molar-refractivity contribution in [1.29, 1.82) is 0 Å². The molecule has 0 aliphatic heterocycles. The van der Waals surface area contributed by atoms with Gasteiger partial charge in [-0.3, -0.25) is 4.79 Å². The zero-order valence-corrected chi connectivity index (χ0v) is 13.5. The van der Waals surface area contributed by atoms with Crippen LogP contribution in [0, 0.1) is 6.92 Å². The first-order valence-electron chi connectivity index (χ1n) is 8.22. The zero-order chi connectivity index (χ0) is 16.5. The van der Waals surface area contributed by atoms with Gasteiger partial charge in [-0.25, -0.2) is 4.68 Å². The molecule has 3 aromatic rings. The molecular formula is C17H19N5O2. The molecule has 1 aliphatic rings. The molecule has 3 heterocycles. The van der Waals surface area contributed by atoms with Gasteiger partial charge in [0.15, 0.2) is 11.4 Å². The third-order valence-electron chi connectivity index (χ3n) is 4.61. The molecule has 3 aromatic heterocycles. The van der Waals surface area contributed by atoms with Crippen molar-refractivity contribution < 1.29 is 4.42 Å². The van der Waals surface area contributed by atoms with Crippen LogP contribution in [0.15, 0.2) is 39.9 Å². The molecule has 0 radical (unpaired) electrons. The number of aromatic nitrogens is 4. The lowest BCUT2D eigenvalue weighted by molar-refractivity contribution is 0.302. The molecule has 0 aromatic carbocycles. The van der Waals surface area contributed by atoms with Gasteiger partial charge in [-0.1, -0.05) is 0 Å². The van der Waals surface area contributed by atoms with E-state index in [2.05, 4.69) is 20.6 Å². The summed E-state index contributed by atoms with van der Waals surface area (Å²) < 4.78 is 7.13. The lowest BCUT2D eigenvalue weighted by Crippen LogP contribution is -2.33. The maximum atomic E-state index is 12.0. The average molecular weight is 325 g/mol. The van der Waals surface area contributed by atoms with Crippen molar-refractivity contribution in [1.82, 2.24) is 20.0 Å². The molecular weight excluding hydrogens is 306 g/mol. The van der Waals surface area contributed by atoms with Crippen LogP contribution in [0.2, 0.25) is 0 Å². The van der Waals surface area contributed by atoms with Crippen molar-refractivity contribution in [3.05, 3.63) is 46.7 Å². The third-order valence-corrected chi connectivity index (χ3v) is 4.61. The van der Waals surface area contributed by atoms with E-state index in [9.17, 15) is 4.79 Å². The van der Waals surface area contributed by atoms with Gasteiger partial charge < -0.3 is 9.73 Å². The predicted molar refractivity (Wildman–Crippen MR) is 90.0 cm³/mol. The molecule has 1 saturated carbocycles. The topological polar surface area (TPSA) is 85.8 Å². The Morgan fingerprint density at radius 2 is 2.04 bits per heavy atom. The first kappa shape index (κ1) is 14.9. The molecule has 0 spiro atoms. The molecule has 0 atom stereocenters. The van der Waals surface area contributed by atoms with Crippen LogP contribution < -0.4 is 10.9 Å². The van der Waals surface area contributed by atoms with E-state index >= 15 is 0 Å². The molecule has 1 fully saturated rings. The first-order valence-corrected chi connectivity index (χ1v) is 8.22. The van der Waals surface area contributed by atoms with Gasteiger partial charge in [0.2, 0.25) is 0 Å². The molecule has 4 rings (SSSR count). The predicted octanol–water partition coefficient (Wildman–Crippen LogP) is 2.68. The number of anilines is 1. The Balaban J connectivity index is 1.46. The van der Waals surface area contributed by atoms with Crippen molar-refractivity contribution in [2.24, 2.45) is 0 Å². The summed E-state index contributed by atoms with van der Waals surface area (Å²) >= 11 is 0. The molecule has 1 aliphatic carbocycles. The van der Waals surface area contributed by atoms with Crippen molar-refractivity contribution >= 4 is 16.8 Å². The van der Waals surface area contributed by atoms with Crippen molar-refractivity contribution in [3.8, 4) is 0 Å². The zero-order valence-electron chi connectivity index (χ0n) is 13.5. The van der Waals surface area contributed by atoms with Crippen LogP contribution >= 0.6 is 0 Å². The summed E-state index contributed by atoms with van der Waals surface area (Å²) in [5.41, 5.74) is 1.58. The molecule has 24 heavy (non-hydrogen) atoms. The summed E-state index contributed by atoms with van der Waals surface area (Å²) in [5, 5.41) is 16.9. The summed E-state index contributed by atoms with van der Waals surface area (Å²) in [7, 11) is 0. The Bertz CT molecular complexity index is 908. The van der Waals surface area contributed by atoms with Crippen LogP contribution in [0.3, 0.4) is 0 Å². The molecule has 0 amide bonds. The summed E-state index contributed by atoms with van der Waals surface area (Å²) in [4.78, 5) is 12.0. The van der Waals surface area contributed by atoms with Gasteiger partial charge in [0.1, 0.15) is 0 Å². The molecule has 7 heteroatoms. The average Bonchev–Trinajstić information content (AvgIpc) is 3.08. The second kappa shape index (κ2) is 6.07.